The Morgan fingerprint density at radius 2 is 1.26 bits per heavy atom. The Bertz CT molecular complexity index is 1000. The van der Waals surface area contributed by atoms with Gasteiger partial charge in [-0.15, -0.1) is 0 Å². The Morgan fingerprint density at radius 1 is 0.706 bits per heavy atom. The van der Waals surface area contributed by atoms with Crippen LogP contribution in [0.3, 0.4) is 0 Å². The van der Waals surface area contributed by atoms with E-state index in [4.69, 9.17) is 9.47 Å². The van der Waals surface area contributed by atoms with Crippen molar-refractivity contribution in [3.8, 4) is 11.5 Å². The van der Waals surface area contributed by atoms with Crippen LogP contribution >= 0.6 is 0 Å². The summed E-state index contributed by atoms with van der Waals surface area (Å²) in [6.45, 7) is 2.94. The van der Waals surface area contributed by atoms with Crippen LogP contribution in [0.4, 0.5) is 11.4 Å². The fraction of sp³-hybridized carbons (Fsp3) is 0.357. The maximum Gasteiger partial charge on any atom is 0.343 e. The molecule has 0 aliphatic carbocycles. The van der Waals surface area contributed by atoms with Gasteiger partial charge in [0.2, 0.25) is 0 Å². The summed E-state index contributed by atoms with van der Waals surface area (Å²) < 4.78 is 11.3. The van der Waals surface area contributed by atoms with E-state index in [1.54, 1.807) is 60.9 Å². The van der Waals surface area contributed by atoms with E-state index in [2.05, 4.69) is 22.1 Å². The monoisotopic (exact) mass is 459 g/mol. The summed E-state index contributed by atoms with van der Waals surface area (Å²) in [6, 6.07) is 17.5. The Morgan fingerprint density at radius 3 is 1.91 bits per heavy atom. The van der Waals surface area contributed by atoms with Crippen molar-refractivity contribution in [1.29, 1.82) is 0 Å². The van der Waals surface area contributed by atoms with Gasteiger partial charge < -0.3 is 9.47 Å². The van der Waals surface area contributed by atoms with E-state index in [0.29, 0.717) is 23.6 Å². The number of carbonyl (C=O) groups is 1. The first-order chi connectivity index (χ1) is 16.7. The van der Waals surface area contributed by atoms with Crippen molar-refractivity contribution >= 4 is 17.3 Å². The topological polar surface area (TPSA) is 73.1 Å². The van der Waals surface area contributed by atoms with Crippen LogP contribution in [0.2, 0.25) is 0 Å². The number of unbranched alkanes of at least 4 members (excludes halogenated alkanes) is 7. The molecule has 6 heteroatoms. The van der Waals surface area contributed by atoms with E-state index in [0.717, 1.165) is 17.9 Å². The molecule has 0 saturated carbocycles. The lowest BCUT2D eigenvalue weighted by molar-refractivity contribution is 0.0734. The highest BCUT2D eigenvalue weighted by Crippen LogP contribution is 2.22. The lowest BCUT2D eigenvalue weighted by Crippen LogP contribution is -2.08. The highest BCUT2D eigenvalue weighted by Gasteiger charge is 2.09. The predicted molar refractivity (Wildman–Crippen MR) is 134 cm³/mol. The second kappa shape index (κ2) is 14.6. The van der Waals surface area contributed by atoms with Crippen molar-refractivity contribution in [2.75, 3.05) is 6.61 Å². The number of pyridine rings is 1. The first kappa shape index (κ1) is 25.1. The summed E-state index contributed by atoms with van der Waals surface area (Å²) in [5.74, 6) is 0.798. The zero-order valence-corrected chi connectivity index (χ0v) is 19.9. The Hall–Kier alpha value is -3.54. The number of esters is 1. The fourth-order valence-corrected chi connectivity index (χ4v) is 3.39. The van der Waals surface area contributed by atoms with Crippen LogP contribution < -0.4 is 9.47 Å². The molecule has 1 aromatic heterocycles. The quantitative estimate of drug-likeness (QED) is 0.105. The first-order valence-electron chi connectivity index (χ1n) is 12.1. The summed E-state index contributed by atoms with van der Waals surface area (Å²) in [5.41, 5.74) is 1.85. The Balaban J connectivity index is 1.37. The normalized spacial score (nSPS) is 11.0. The standard InChI is InChI=1S/C28H33N3O3/c1-2-3-4-5-6-7-8-9-22-33-26-14-10-23(11-15-26)28(32)34-27-16-12-24(13-17-27)30-31-25-18-20-29-21-19-25/h10-21H,2-9,22H2,1H3. The van der Waals surface area contributed by atoms with E-state index in [1.165, 1.54) is 44.9 Å². The molecular formula is C28H33N3O3. The molecule has 178 valence electrons. The molecule has 0 unspecified atom stereocenters. The zero-order valence-electron chi connectivity index (χ0n) is 19.9. The van der Waals surface area contributed by atoms with Gasteiger partial charge in [0.15, 0.2) is 0 Å². The summed E-state index contributed by atoms with van der Waals surface area (Å²) in [7, 11) is 0. The van der Waals surface area contributed by atoms with Gasteiger partial charge in [0, 0.05) is 12.4 Å². The molecule has 0 saturated heterocycles. The third-order valence-corrected chi connectivity index (χ3v) is 5.35. The maximum atomic E-state index is 12.4. The fourth-order valence-electron chi connectivity index (χ4n) is 3.39. The van der Waals surface area contributed by atoms with Crippen LogP contribution in [0.25, 0.3) is 0 Å². The largest absolute Gasteiger partial charge is 0.494 e. The van der Waals surface area contributed by atoms with Gasteiger partial charge in [-0.3, -0.25) is 4.98 Å². The van der Waals surface area contributed by atoms with Crippen LogP contribution in [0.5, 0.6) is 11.5 Å². The maximum absolute atomic E-state index is 12.4. The average molecular weight is 460 g/mol. The number of ether oxygens (including phenoxy) is 2. The first-order valence-corrected chi connectivity index (χ1v) is 12.1. The third kappa shape index (κ3) is 9.14. The SMILES string of the molecule is CCCCCCCCCCOc1ccc(C(=O)Oc2ccc(N=Nc3ccncc3)cc2)cc1. The van der Waals surface area contributed by atoms with E-state index in [1.807, 2.05) is 12.1 Å². The molecular weight excluding hydrogens is 426 g/mol. The molecule has 6 nitrogen and oxygen atoms in total. The van der Waals surface area contributed by atoms with Crippen molar-refractivity contribution in [2.24, 2.45) is 10.2 Å². The van der Waals surface area contributed by atoms with Crippen LogP contribution in [-0.2, 0) is 0 Å². The second-order valence-electron chi connectivity index (χ2n) is 8.14. The molecule has 0 aliphatic rings. The minimum Gasteiger partial charge on any atom is -0.494 e. The number of nitrogens with zero attached hydrogens (tertiary/aromatic N) is 3. The van der Waals surface area contributed by atoms with Crippen LogP contribution in [0, 0.1) is 0 Å². The molecule has 3 rings (SSSR count). The van der Waals surface area contributed by atoms with Crippen molar-refractivity contribution in [3.63, 3.8) is 0 Å². The molecule has 0 N–H and O–H groups in total. The van der Waals surface area contributed by atoms with Crippen LogP contribution in [0.1, 0.15) is 68.6 Å². The zero-order chi connectivity index (χ0) is 23.8. The summed E-state index contributed by atoms with van der Waals surface area (Å²) in [5, 5.41) is 8.30. The van der Waals surface area contributed by atoms with Crippen LogP contribution in [0.15, 0.2) is 83.3 Å². The van der Waals surface area contributed by atoms with Crippen molar-refractivity contribution in [1.82, 2.24) is 4.98 Å². The number of hydrogen-bond donors (Lipinski definition) is 0. The summed E-state index contributed by atoms with van der Waals surface area (Å²) in [6.07, 6.45) is 13.5. The predicted octanol–water partition coefficient (Wildman–Crippen LogP) is 8.24. The highest BCUT2D eigenvalue weighted by molar-refractivity contribution is 5.91. The highest BCUT2D eigenvalue weighted by atomic mass is 16.5. The average Bonchev–Trinajstić information content (AvgIpc) is 2.88. The lowest BCUT2D eigenvalue weighted by Gasteiger charge is -2.08. The van der Waals surface area contributed by atoms with Gasteiger partial charge in [-0.05, 0) is 67.1 Å². The minimum atomic E-state index is -0.416. The number of carbonyl (C=O) groups excluding carboxylic acids is 1. The van der Waals surface area contributed by atoms with E-state index in [-0.39, 0.29) is 0 Å². The molecule has 0 spiro atoms. The molecule has 0 atom stereocenters. The van der Waals surface area contributed by atoms with Gasteiger partial charge >= 0.3 is 5.97 Å². The summed E-state index contributed by atoms with van der Waals surface area (Å²) in [4.78, 5) is 16.4. The Labute approximate surface area is 202 Å². The molecule has 1 heterocycles. The smallest absolute Gasteiger partial charge is 0.343 e. The van der Waals surface area contributed by atoms with Crippen molar-refractivity contribution < 1.29 is 14.3 Å². The number of rotatable bonds is 14. The lowest BCUT2D eigenvalue weighted by atomic mass is 10.1. The number of hydrogen-bond acceptors (Lipinski definition) is 6. The van der Waals surface area contributed by atoms with Gasteiger partial charge in [0.05, 0.1) is 23.5 Å². The molecule has 0 aliphatic heterocycles. The summed E-state index contributed by atoms with van der Waals surface area (Å²) >= 11 is 0. The van der Waals surface area contributed by atoms with Crippen molar-refractivity contribution in [2.45, 2.75) is 58.3 Å². The number of benzene rings is 2. The molecule has 0 fully saturated rings. The van der Waals surface area contributed by atoms with Gasteiger partial charge in [-0.2, -0.15) is 10.2 Å². The number of aromatic nitrogens is 1. The van der Waals surface area contributed by atoms with Crippen molar-refractivity contribution in [3.05, 3.63) is 78.6 Å². The second-order valence-corrected chi connectivity index (χ2v) is 8.14. The van der Waals surface area contributed by atoms with E-state index >= 15 is 0 Å². The van der Waals surface area contributed by atoms with Gasteiger partial charge in [-0.1, -0.05) is 51.9 Å². The molecule has 0 radical (unpaired) electrons. The van der Waals surface area contributed by atoms with E-state index in [9.17, 15) is 4.79 Å². The molecule has 2 aromatic carbocycles. The third-order valence-electron chi connectivity index (χ3n) is 5.35. The van der Waals surface area contributed by atoms with Crippen LogP contribution in [-0.4, -0.2) is 17.6 Å². The minimum absolute atomic E-state index is 0.416. The molecule has 0 bridgehead atoms. The molecule has 3 aromatic rings. The molecule has 34 heavy (non-hydrogen) atoms. The van der Waals surface area contributed by atoms with E-state index < -0.39 is 5.97 Å². The number of azo groups is 1. The Kier molecular flexibility index (Phi) is 10.8. The van der Waals surface area contributed by atoms with Gasteiger partial charge in [0.25, 0.3) is 0 Å². The molecule has 0 amide bonds. The van der Waals surface area contributed by atoms with Gasteiger partial charge in [0.1, 0.15) is 11.5 Å². The van der Waals surface area contributed by atoms with Gasteiger partial charge in [-0.25, -0.2) is 4.79 Å².